The van der Waals surface area contributed by atoms with Gasteiger partial charge in [-0.15, -0.1) is 10.2 Å². The van der Waals surface area contributed by atoms with Crippen molar-refractivity contribution in [2.24, 2.45) is 0 Å². The predicted octanol–water partition coefficient (Wildman–Crippen LogP) is 3.84. The van der Waals surface area contributed by atoms with E-state index >= 15 is 0 Å². The molecule has 1 saturated carbocycles. The van der Waals surface area contributed by atoms with Crippen molar-refractivity contribution in [2.75, 3.05) is 10.2 Å². The minimum absolute atomic E-state index is 0.00864. The topological polar surface area (TPSA) is 75.2 Å². The maximum atomic E-state index is 13.2. The molecule has 6 nitrogen and oxygen atoms in total. The van der Waals surface area contributed by atoms with Gasteiger partial charge in [0.2, 0.25) is 16.9 Å². The molecular formula is C17H18F2N4O2S2. The average Bonchev–Trinajstić information content (AvgIpc) is 3.37. The van der Waals surface area contributed by atoms with Gasteiger partial charge in [-0.05, 0) is 31.9 Å². The Morgan fingerprint density at radius 3 is 2.70 bits per heavy atom. The van der Waals surface area contributed by atoms with Crippen molar-refractivity contribution < 1.29 is 18.4 Å². The Hall–Kier alpha value is -2.07. The highest BCUT2D eigenvalue weighted by Gasteiger charge is 2.35. The number of rotatable bonds is 7. The van der Waals surface area contributed by atoms with Gasteiger partial charge in [0.1, 0.15) is 0 Å². The maximum absolute atomic E-state index is 13.2. The average molecular weight is 412 g/mol. The highest BCUT2D eigenvalue weighted by molar-refractivity contribution is 8.02. The van der Waals surface area contributed by atoms with Gasteiger partial charge in [0.15, 0.2) is 16.0 Å². The number of halogens is 2. The largest absolute Gasteiger partial charge is 0.325 e. The van der Waals surface area contributed by atoms with E-state index in [2.05, 4.69) is 15.5 Å². The molecule has 1 aromatic heterocycles. The number of carbonyl (C=O) groups is 2. The highest BCUT2D eigenvalue weighted by atomic mass is 32.2. The Labute approximate surface area is 163 Å². The number of carbonyl (C=O) groups excluding carboxylic acids is 2. The summed E-state index contributed by atoms with van der Waals surface area (Å²) >= 11 is 2.46. The van der Waals surface area contributed by atoms with Gasteiger partial charge >= 0.3 is 0 Å². The van der Waals surface area contributed by atoms with E-state index in [4.69, 9.17) is 0 Å². The van der Waals surface area contributed by atoms with Crippen LogP contribution >= 0.6 is 23.1 Å². The van der Waals surface area contributed by atoms with Crippen LogP contribution in [-0.2, 0) is 9.59 Å². The number of nitrogens with zero attached hydrogens (tertiary/aromatic N) is 3. The van der Waals surface area contributed by atoms with Crippen LogP contribution in [0.3, 0.4) is 0 Å². The first kappa shape index (κ1) is 19.7. The van der Waals surface area contributed by atoms with E-state index in [1.165, 1.54) is 29.2 Å². The lowest BCUT2D eigenvalue weighted by Crippen LogP contribution is -2.32. The molecule has 1 aromatic carbocycles. The standard InChI is InChI=1S/C17H18F2N4O2S2/c1-3-14(24)23(11-5-6-11)16-21-22-17(27-16)26-9(2)15(25)20-10-4-7-12(18)13(19)8-10/h4,7-9,11H,3,5-6H2,1-2H3,(H,20,25). The Morgan fingerprint density at radius 2 is 2.07 bits per heavy atom. The first-order valence-corrected chi connectivity index (χ1v) is 10.2. The number of thioether (sulfide) groups is 1. The minimum atomic E-state index is -1.03. The zero-order chi connectivity index (χ0) is 19.6. The molecule has 1 fully saturated rings. The molecule has 0 aliphatic heterocycles. The molecule has 1 atom stereocenters. The van der Waals surface area contributed by atoms with Crippen LogP contribution in [0.1, 0.15) is 33.1 Å². The van der Waals surface area contributed by atoms with E-state index < -0.39 is 16.9 Å². The molecule has 27 heavy (non-hydrogen) atoms. The number of anilines is 2. The van der Waals surface area contributed by atoms with Crippen molar-refractivity contribution in [3.63, 3.8) is 0 Å². The van der Waals surface area contributed by atoms with Gasteiger partial charge in [0.25, 0.3) is 0 Å². The van der Waals surface area contributed by atoms with Crippen LogP contribution in [0.2, 0.25) is 0 Å². The van der Waals surface area contributed by atoms with E-state index in [0.29, 0.717) is 15.9 Å². The van der Waals surface area contributed by atoms with Crippen LogP contribution in [0.25, 0.3) is 0 Å². The molecule has 1 aliphatic rings. The van der Waals surface area contributed by atoms with Gasteiger partial charge in [0.05, 0.1) is 5.25 Å². The summed E-state index contributed by atoms with van der Waals surface area (Å²) in [7, 11) is 0. The first-order valence-electron chi connectivity index (χ1n) is 8.47. The summed E-state index contributed by atoms with van der Waals surface area (Å²) < 4.78 is 26.8. The van der Waals surface area contributed by atoms with Crippen LogP contribution in [0.4, 0.5) is 19.6 Å². The smallest absolute Gasteiger partial charge is 0.237 e. The predicted molar refractivity (Wildman–Crippen MR) is 101 cm³/mol. The summed E-state index contributed by atoms with van der Waals surface area (Å²) in [5, 5.41) is 10.7. The lowest BCUT2D eigenvalue weighted by atomic mass is 10.3. The van der Waals surface area contributed by atoms with Gasteiger partial charge in [0, 0.05) is 24.2 Å². The van der Waals surface area contributed by atoms with E-state index in [0.717, 1.165) is 25.0 Å². The summed E-state index contributed by atoms with van der Waals surface area (Å²) in [6.07, 6.45) is 2.31. The van der Waals surface area contributed by atoms with Crippen molar-refractivity contribution in [3.8, 4) is 0 Å². The number of amides is 2. The molecule has 1 aliphatic carbocycles. The minimum Gasteiger partial charge on any atom is -0.325 e. The second-order valence-corrected chi connectivity index (χ2v) is 8.62. The van der Waals surface area contributed by atoms with Gasteiger partial charge < -0.3 is 5.32 Å². The summed E-state index contributed by atoms with van der Waals surface area (Å²) in [4.78, 5) is 26.1. The third-order valence-corrected chi connectivity index (χ3v) is 6.03. The van der Waals surface area contributed by atoms with Gasteiger partial charge in [-0.25, -0.2) is 8.78 Å². The van der Waals surface area contributed by atoms with Crippen molar-refractivity contribution in [1.82, 2.24) is 10.2 Å². The molecule has 0 bridgehead atoms. The quantitative estimate of drug-likeness (QED) is 0.552. The first-order chi connectivity index (χ1) is 12.9. The van der Waals surface area contributed by atoms with E-state index in [1.807, 2.05) is 0 Å². The second-order valence-electron chi connectivity index (χ2n) is 6.08. The molecule has 1 unspecified atom stereocenters. The molecule has 0 radical (unpaired) electrons. The van der Waals surface area contributed by atoms with E-state index in [9.17, 15) is 18.4 Å². The van der Waals surface area contributed by atoms with Gasteiger partial charge in [-0.1, -0.05) is 30.0 Å². The zero-order valence-corrected chi connectivity index (χ0v) is 16.4. The second kappa shape index (κ2) is 8.30. The highest BCUT2D eigenvalue weighted by Crippen LogP contribution is 2.37. The normalized spacial score (nSPS) is 14.7. The van der Waals surface area contributed by atoms with Crippen molar-refractivity contribution >= 4 is 45.7 Å². The number of hydrogen-bond donors (Lipinski definition) is 1. The Bertz CT molecular complexity index is 857. The summed E-state index contributed by atoms with van der Waals surface area (Å²) in [5.74, 6) is -2.36. The Balaban J connectivity index is 1.62. The van der Waals surface area contributed by atoms with Crippen LogP contribution < -0.4 is 10.2 Å². The molecule has 2 amide bonds. The SMILES string of the molecule is CCC(=O)N(c1nnc(SC(C)C(=O)Nc2ccc(F)c(F)c2)s1)C1CC1. The lowest BCUT2D eigenvalue weighted by Gasteiger charge is -2.17. The molecule has 3 rings (SSSR count). The molecule has 2 aromatic rings. The Morgan fingerprint density at radius 1 is 1.33 bits per heavy atom. The third-order valence-electron chi connectivity index (χ3n) is 3.92. The maximum Gasteiger partial charge on any atom is 0.237 e. The van der Waals surface area contributed by atoms with Gasteiger partial charge in [-0.2, -0.15) is 0 Å². The molecule has 10 heteroatoms. The van der Waals surface area contributed by atoms with Crippen LogP contribution in [0, 0.1) is 11.6 Å². The van der Waals surface area contributed by atoms with Crippen molar-refractivity contribution in [1.29, 1.82) is 0 Å². The summed E-state index contributed by atoms with van der Waals surface area (Å²) in [6.45, 7) is 3.48. The molecule has 0 spiro atoms. The third kappa shape index (κ3) is 4.81. The zero-order valence-electron chi connectivity index (χ0n) is 14.7. The fourth-order valence-electron chi connectivity index (χ4n) is 2.34. The number of nitrogens with one attached hydrogen (secondary N) is 1. The molecule has 1 heterocycles. The summed E-state index contributed by atoms with van der Waals surface area (Å²) in [6, 6.07) is 3.37. The van der Waals surface area contributed by atoms with E-state index in [-0.39, 0.29) is 23.5 Å². The molecule has 144 valence electrons. The molecule has 1 N–H and O–H groups in total. The van der Waals surface area contributed by atoms with Crippen molar-refractivity contribution in [2.45, 2.75) is 48.7 Å². The monoisotopic (exact) mass is 412 g/mol. The van der Waals surface area contributed by atoms with Gasteiger partial charge in [-0.3, -0.25) is 14.5 Å². The molecule has 0 saturated heterocycles. The number of aromatic nitrogens is 2. The van der Waals surface area contributed by atoms with Crippen molar-refractivity contribution in [3.05, 3.63) is 29.8 Å². The molecular weight excluding hydrogens is 394 g/mol. The lowest BCUT2D eigenvalue weighted by molar-refractivity contribution is -0.118. The number of benzene rings is 1. The summed E-state index contributed by atoms with van der Waals surface area (Å²) in [5.41, 5.74) is 0.178. The van der Waals surface area contributed by atoms with Crippen LogP contribution in [0.15, 0.2) is 22.5 Å². The Kier molecular flexibility index (Phi) is 6.05. The fourth-order valence-corrected chi connectivity index (χ4v) is 4.41. The van der Waals surface area contributed by atoms with E-state index in [1.54, 1.807) is 18.7 Å². The van der Waals surface area contributed by atoms with Crippen LogP contribution in [-0.4, -0.2) is 33.3 Å². The number of hydrogen-bond acceptors (Lipinski definition) is 6. The fraction of sp³-hybridized carbons (Fsp3) is 0.412. The van der Waals surface area contributed by atoms with Crippen LogP contribution in [0.5, 0.6) is 0 Å².